The highest BCUT2D eigenvalue weighted by Crippen LogP contribution is 2.34. The Hall–Kier alpha value is -2.71. The number of nitrogens with zero attached hydrogens (tertiary/aromatic N) is 1. The molecule has 0 aliphatic rings. The third kappa shape index (κ3) is 3.40. The van der Waals surface area contributed by atoms with Crippen LogP contribution in [-0.4, -0.2) is 29.1 Å². The second-order valence-corrected chi connectivity index (χ2v) is 6.37. The van der Waals surface area contributed by atoms with Gasteiger partial charge in [-0.05, 0) is 30.3 Å². The molecular formula is C16H10ClFN2O4S. The summed E-state index contributed by atoms with van der Waals surface area (Å²) in [6.07, 6.45) is 0. The lowest BCUT2D eigenvalue weighted by Crippen LogP contribution is -2.11. The molecule has 1 heterocycles. The SMILES string of the molecule is COc1cc(C(=O)O)cc2sc(NC(=O)c3ccc(Cl)c(F)c3)nc12. The number of aromatic nitrogens is 1. The molecule has 9 heteroatoms. The summed E-state index contributed by atoms with van der Waals surface area (Å²) in [6.45, 7) is 0. The highest BCUT2D eigenvalue weighted by Gasteiger charge is 2.16. The summed E-state index contributed by atoms with van der Waals surface area (Å²) >= 11 is 6.68. The minimum atomic E-state index is -1.10. The number of benzene rings is 2. The Balaban J connectivity index is 1.95. The number of carbonyl (C=O) groups excluding carboxylic acids is 1. The van der Waals surface area contributed by atoms with E-state index >= 15 is 0 Å². The quantitative estimate of drug-likeness (QED) is 0.712. The third-order valence-electron chi connectivity index (χ3n) is 3.33. The number of rotatable bonds is 4. The smallest absolute Gasteiger partial charge is 0.335 e. The summed E-state index contributed by atoms with van der Waals surface area (Å²) < 4.78 is 19.2. The van der Waals surface area contributed by atoms with Crippen LogP contribution in [0.2, 0.25) is 5.02 Å². The molecule has 2 N–H and O–H groups in total. The second-order valence-electron chi connectivity index (χ2n) is 4.93. The molecule has 0 atom stereocenters. The standard InChI is InChI=1S/C16H10ClFN2O4S/c1-24-11-5-8(15(22)23)6-12-13(11)19-16(25-12)20-14(21)7-2-3-9(17)10(18)4-7/h2-6H,1H3,(H,22,23)(H,19,20,21). The zero-order valence-electron chi connectivity index (χ0n) is 12.7. The number of hydrogen-bond donors (Lipinski definition) is 2. The van der Waals surface area contributed by atoms with Crippen molar-refractivity contribution in [3.8, 4) is 5.75 Å². The number of aromatic carboxylic acids is 1. The number of hydrogen-bond acceptors (Lipinski definition) is 5. The fourth-order valence-electron chi connectivity index (χ4n) is 2.14. The van der Waals surface area contributed by atoms with Crippen molar-refractivity contribution in [1.29, 1.82) is 0 Å². The number of carbonyl (C=O) groups is 2. The molecule has 1 aromatic heterocycles. The number of methoxy groups -OCH3 is 1. The van der Waals surface area contributed by atoms with Crippen LogP contribution in [0.4, 0.5) is 9.52 Å². The zero-order valence-corrected chi connectivity index (χ0v) is 14.2. The average molecular weight is 381 g/mol. The van der Waals surface area contributed by atoms with Crippen molar-refractivity contribution >= 4 is 50.2 Å². The van der Waals surface area contributed by atoms with Crippen molar-refractivity contribution in [2.45, 2.75) is 0 Å². The molecule has 128 valence electrons. The molecule has 0 radical (unpaired) electrons. The van der Waals surface area contributed by atoms with Crippen LogP contribution in [0, 0.1) is 5.82 Å². The van der Waals surface area contributed by atoms with Gasteiger partial charge in [0.1, 0.15) is 17.1 Å². The molecule has 0 saturated carbocycles. The number of halogens is 2. The van der Waals surface area contributed by atoms with E-state index in [0.717, 1.165) is 17.4 Å². The number of carboxylic acid groups (broad SMARTS) is 1. The van der Waals surface area contributed by atoms with Crippen LogP contribution in [0.1, 0.15) is 20.7 Å². The van der Waals surface area contributed by atoms with E-state index in [0.29, 0.717) is 10.2 Å². The molecule has 0 unspecified atom stereocenters. The lowest BCUT2D eigenvalue weighted by molar-refractivity contribution is 0.0696. The summed E-state index contributed by atoms with van der Waals surface area (Å²) in [4.78, 5) is 27.6. The molecule has 6 nitrogen and oxygen atoms in total. The molecule has 25 heavy (non-hydrogen) atoms. The first-order chi connectivity index (χ1) is 11.9. The monoisotopic (exact) mass is 380 g/mol. The van der Waals surface area contributed by atoms with Gasteiger partial charge < -0.3 is 9.84 Å². The first kappa shape index (κ1) is 17.1. The minimum absolute atomic E-state index is 0.0469. The van der Waals surface area contributed by atoms with Crippen molar-refractivity contribution < 1.29 is 23.8 Å². The number of anilines is 1. The molecule has 2 aromatic carbocycles. The van der Waals surface area contributed by atoms with E-state index in [-0.39, 0.29) is 27.0 Å². The van der Waals surface area contributed by atoms with E-state index in [1.165, 1.54) is 31.4 Å². The number of fused-ring (bicyclic) bond motifs is 1. The largest absolute Gasteiger partial charge is 0.494 e. The predicted octanol–water partition coefficient (Wildman–Crippen LogP) is 4.05. The maximum Gasteiger partial charge on any atom is 0.335 e. The fourth-order valence-corrected chi connectivity index (χ4v) is 3.17. The van der Waals surface area contributed by atoms with Gasteiger partial charge in [0.15, 0.2) is 5.13 Å². The van der Waals surface area contributed by atoms with E-state index in [1.54, 1.807) is 0 Å². The normalized spacial score (nSPS) is 10.7. The average Bonchev–Trinajstić information content (AvgIpc) is 2.98. The summed E-state index contributed by atoms with van der Waals surface area (Å²) in [6, 6.07) is 6.48. The Morgan fingerprint density at radius 2 is 2.04 bits per heavy atom. The lowest BCUT2D eigenvalue weighted by Gasteiger charge is -2.02. The lowest BCUT2D eigenvalue weighted by atomic mass is 10.2. The van der Waals surface area contributed by atoms with Crippen LogP contribution in [0.25, 0.3) is 10.2 Å². The van der Waals surface area contributed by atoms with Crippen LogP contribution in [0.15, 0.2) is 30.3 Å². The van der Waals surface area contributed by atoms with Crippen LogP contribution < -0.4 is 10.1 Å². The highest BCUT2D eigenvalue weighted by atomic mass is 35.5. The van der Waals surface area contributed by atoms with Crippen molar-refractivity contribution in [3.63, 3.8) is 0 Å². The summed E-state index contributed by atoms with van der Waals surface area (Å²) in [5, 5.41) is 11.8. The van der Waals surface area contributed by atoms with Crippen molar-refractivity contribution in [2.75, 3.05) is 12.4 Å². The Morgan fingerprint density at radius 3 is 2.68 bits per heavy atom. The predicted molar refractivity (Wildman–Crippen MR) is 92.5 cm³/mol. The van der Waals surface area contributed by atoms with E-state index in [9.17, 15) is 14.0 Å². The number of ether oxygens (including phenoxy) is 1. The van der Waals surface area contributed by atoms with E-state index < -0.39 is 17.7 Å². The number of nitrogens with one attached hydrogen (secondary N) is 1. The van der Waals surface area contributed by atoms with Gasteiger partial charge >= 0.3 is 5.97 Å². The molecular weight excluding hydrogens is 371 g/mol. The Morgan fingerprint density at radius 1 is 1.28 bits per heavy atom. The zero-order chi connectivity index (χ0) is 18.1. The van der Waals surface area contributed by atoms with Gasteiger partial charge in [-0.1, -0.05) is 22.9 Å². The van der Waals surface area contributed by atoms with Gasteiger partial charge in [-0.2, -0.15) is 0 Å². The van der Waals surface area contributed by atoms with Crippen molar-refractivity contribution in [3.05, 3.63) is 52.3 Å². The number of amides is 1. The van der Waals surface area contributed by atoms with E-state index in [4.69, 9.17) is 21.4 Å². The Bertz CT molecular complexity index is 1010. The van der Waals surface area contributed by atoms with Crippen molar-refractivity contribution in [1.82, 2.24) is 4.98 Å². The molecule has 3 aromatic rings. The topological polar surface area (TPSA) is 88.5 Å². The molecule has 0 fully saturated rings. The van der Waals surface area contributed by atoms with Crippen LogP contribution in [0.5, 0.6) is 5.75 Å². The number of carboxylic acids is 1. The molecule has 0 aliphatic heterocycles. The third-order valence-corrected chi connectivity index (χ3v) is 4.55. The maximum absolute atomic E-state index is 13.5. The summed E-state index contributed by atoms with van der Waals surface area (Å²) in [5.41, 5.74) is 0.556. The van der Waals surface area contributed by atoms with Crippen molar-refractivity contribution in [2.24, 2.45) is 0 Å². The van der Waals surface area contributed by atoms with Gasteiger partial charge in [-0.25, -0.2) is 14.2 Å². The highest BCUT2D eigenvalue weighted by molar-refractivity contribution is 7.22. The first-order valence-electron chi connectivity index (χ1n) is 6.87. The van der Waals surface area contributed by atoms with Gasteiger partial charge in [-0.3, -0.25) is 10.1 Å². The molecule has 0 saturated heterocycles. The Labute approximate surface area is 149 Å². The van der Waals surface area contributed by atoms with Gasteiger partial charge in [-0.15, -0.1) is 0 Å². The molecule has 0 aliphatic carbocycles. The van der Waals surface area contributed by atoms with E-state index in [2.05, 4.69) is 10.3 Å². The van der Waals surface area contributed by atoms with Crippen LogP contribution in [-0.2, 0) is 0 Å². The minimum Gasteiger partial charge on any atom is -0.494 e. The first-order valence-corrected chi connectivity index (χ1v) is 8.06. The van der Waals surface area contributed by atoms with Gasteiger partial charge in [0.05, 0.1) is 22.4 Å². The molecule has 0 spiro atoms. The van der Waals surface area contributed by atoms with Crippen LogP contribution in [0.3, 0.4) is 0 Å². The molecule has 0 bridgehead atoms. The van der Waals surface area contributed by atoms with Crippen LogP contribution >= 0.6 is 22.9 Å². The van der Waals surface area contributed by atoms with Gasteiger partial charge in [0.2, 0.25) is 0 Å². The van der Waals surface area contributed by atoms with Gasteiger partial charge in [0.25, 0.3) is 5.91 Å². The number of thiazole rings is 1. The second kappa shape index (κ2) is 6.66. The summed E-state index contributed by atoms with van der Waals surface area (Å²) in [5.74, 6) is -2.08. The van der Waals surface area contributed by atoms with E-state index in [1.807, 2.05) is 0 Å². The van der Waals surface area contributed by atoms with Gasteiger partial charge in [0, 0.05) is 5.56 Å². The maximum atomic E-state index is 13.5. The molecule has 3 rings (SSSR count). The summed E-state index contributed by atoms with van der Waals surface area (Å²) in [7, 11) is 1.40. The fraction of sp³-hybridized carbons (Fsp3) is 0.0625. The molecule has 1 amide bonds. The Kier molecular flexibility index (Phi) is 4.56.